The number of halogens is 1. The standard InChI is InChI=1S/C23H25ClO5/c1-14(8-9-15(2)24)19(25)11-10-17-18-12-22(26)28-21(18)13-20(17)29-23(27)16-6-4-3-5-7-16/h3-7,9-11,14,17-18,20-21H,8,12-13H2,1-2H3/t14?,17-,18-,20-,21+/m1/s1. The van der Waals surface area contributed by atoms with Gasteiger partial charge in [0.15, 0.2) is 5.78 Å². The van der Waals surface area contributed by atoms with E-state index in [1.165, 1.54) is 0 Å². The molecule has 0 bridgehead atoms. The average molecular weight is 417 g/mol. The van der Waals surface area contributed by atoms with Gasteiger partial charge in [0.25, 0.3) is 0 Å². The molecule has 1 saturated heterocycles. The zero-order valence-corrected chi connectivity index (χ0v) is 17.3. The van der Waals surface area contributed by atoms with E-state index in [-0.39, 0.29) is 42.0 Å². The van der Waals surface area contributed by atoms with Gasteiger partial charge in [0, 0.05) is 29.2 Å². The maximum Gasteiger partial charge on any atom is 0.338 e. The van der Waals surface area contributed by atoms with Gasteiger partial charge in [0.05, 0.1) is 12.0 Å². The van der Waals surface area contributed by atoms with Crippen molar-refractivity contribution in [1.82, 2.24) is 0 Å². The molecule has 1 heterocycles. The average Bonchev–Trinajstić information content (AvgIpc) is 3.20. The Balaban J connectivity index is 1.71. The summed E-state index contributed by atoms with van der Waals surface area (Å²) in [4.78, 5) is 36.6. The molecule has 1 aromatic rings. The molecular weight excluding hydrogens is 392 g/mol. The molecule has 29 heavy (non-hydrogen) atoms. The van der Waals surface area contributed by atoms with Crippen molar-refractivity contribution in [3.05, 3.63) is 59.2 Å². The van der Waals surface area contributed by atoms with Crippen LogP contribution >= 0.6 is 11.6 Å². The van der Waals surface area contributed by atoms with Crippen molar-refractivity contribution in [2.45, 2.75) is 45.3 Å². The molecule has 1 saturated carbocycles. The molecule has 0 spiro atoms. The van der Waals surface area contributed by atoms with Gasteiger partial charge in [-0.15, -0.1) is 0 Å². The lowest BCUT2D eigenvalue weighted by Crippen LogP contribution is -2.25. The summed E-state index contributed by atoms with van der Waals surface area (Å²) >= 11 is 5.84. The Kier molecular flexibility index (Phi) is 6.91. The molecule has 0 radical (unpaired) electrons. The Morgan fingerprint density at radius 1 is 1.31 bits per heavy atom. The first kappa shape index (κ1) is 21.3. The van der Waals surface area contributed by atoms with Crippen LogP contribution in [0, 0.1) is 17.8 Å². The fourth-order valence-electron chi connectivity index (χ4n) is 3.90. The smallest absolute Gasteiger partial charge is 0.338 e. The number of esters is 2. The highest BCUT2D eigenvalue weighted by atomic mass is 35.5. The highest BCUT2D eigenvalue weighted by molar-refractivity contribution is 6.29. The first-order valence-corrected chi connectivity index (χ1v) is 10.2. The lowest BCUT2D eigenvalue weighted by atomic mass is 9.90. The fourth-order valence-corrected chi connectivity index (χ4v) is 3.98. The second kappa shape index (κ2) is 9.40. The Morgan fingerprint density at radius 3 is 2.72 bits per heavy atom. The number of allylic oxidation sites excluding steroid dienone is 3. The van der Waals surface area contributed by atoms with Gasteiger partial charge in [0.1, 0.15) is 12.2 Å². The van der Waals surface area contributed by atoms with Crippen LogP contribution in [0.25, 0.3) is 0 Å². The number of hydrogen-bond acceptors (Lipinski definition) is 5. The minimum absolute atomic E-state index is 0.0269. The third kappa shape index (κ3) is 5.36. The highest BCUT2D eigenvalue weighted by Gasteiger charge is 2.50. The van der Waals surface area contributed by atoms with E-state index >= 15 is 0 Å². The highest BCUT2D eigenvalue weighted by Crippen LogP contribution is 2.43. The predicted octanol–water partition coefficient (Wildman–Crippen LogP) is 4.46. The van der Waals surface area contributed by atoms with Gasteiger partial charge in [-0.25, -0.2) is 4.79 Å². The molecular formula is C23H25ClO5. The summed E-state index contributed by atoms with van der Waals surface area (Å²) in [5.41, 5.74) is 0.470. The number of carbonyl (C=O) groups excluding carboxylic acids is 3. The summed E-state index contributed by atoms with van der Waals surface area (Å²) in [6.45, 7) is 3.62. The second-order valence-electron chi connectivity index (χ2n) is 7.71. The van der Waals surface area contributed by atoms with Crippen molar-refractivity contribution >= 4 is 29.3 Å². The van der Waals surface area contributed by atoms with Crippen LogP contribution in [0.3, 0.4) is 0 Å². The Bertz CT molecular complexity index is 825. The molecule has 5 nitrogen and oxygen atoms in total. The van der Waals surface area contributed by atoms with Crippen molar-refractivity contribution in [2.75, 3.05) is 0 Å². The zero-order valence-electron chi connectivity index (χ0n) is 16.5. The van der Waals surface area contributed by atoms with Crippen molar-refractivity contribution in [2.24, 2.45) is 17.8 Å². The van der Waals surface area contributed by atoms with E-state index in [1.54, 1.807) is 43.3 Å². The molecule has 6 heteroatoms. The van der Waals surface area contributed by atoms with Crippen LogP contribution in [0.15, 0.2) is 53.6 Å². The third-order valence-electron chi connectivity index (χ3n) is 5.54. The number of carbonyl (C=O) groups is 3. The first-order chi connectivity index (χ1) is 13.8. The van der Waals surface area contributed by atoms with Gasteiger partial charge in [-0.2, -0.15) is 0 Å². The van der Waals surface area contributed by atoms with E-state index in [2.05, 4.69) is 0 Å². The number of fused-ring (bicyclic) bond motifs is 1. The lowest BCUT2D eigenvalue weighted by Gasteiger charge is -2.20. The molecule has 5 atom stereocenters. The number of hydrogen-bond donors (Lipinski definition) is 0. The summed E-state index contributed by atoms with van der Waals surface area (Å²) in [6.07, 6.45) is 5.71. The van der Waals surface area contributed by atoms with Crippen LogP contribution in [0.2, 0.25) is 0 Å². The summed E-state index contributed by atoms with van der Waals surface area (Å²) in [7, 11) is 0. The summed E-state index contributed by atoms with van der Waals surface area (Å²) in [5, 5.41) is 0.654. The monoisotopic (exact) mass is 416 g/mol. The quantitative estimate of drug-likeness (QED) is 0.485. The molecule has 0 N–H and O–H groups in total. The first-order valence-electron chi connectivity index (χ1n) is 9.85. The van der Waals surface area contributed by atoms with Gasteiger partial charge in [-0.05, 0) is 31.6 Å². The molecule has 0 amide bonds. The number of rotatable bonds is 7. The molecule has 1 aliphatic heterocycles. The normalized spacial score (nSPS) is 27.6. The van der Waals surface area contributed by atoms with Crippen LogP contribution in [0.1, 0.15) is 43.5 Å². The van der Waals surface area contributed by atoms with Crippen molar-refractivity contribution in [1.29, 1.82) is 0 Å². The molecule has 0 aromatic heterocycles. The summed E-state index contributed by atoms with van der Waals surface area (Å²) < 4.78 is 11.1. The van der Waals surface area contributed by atoms with Crippen molar-refractivity contribution in [3.8, 4) is 0 Å². The van der Waals surface area contributed by atoms with Gasteiger partial charge < -0.3 is 9.47 Å². The number of ketones is 1. The molecule has 154 valence electrons. The van der Waals surface area contributed by atoms with Gasteiger partial charge in [-0.3, -0.25) is 9.59 Å². The van der Waals surface area contributed by atoms with E-state index in [1.807, 2.05) is 19.1 Å². The van der Waals surface area contributed by atoms with Crippen molar-refractivity contribution in [3.63, 3.8) is 0 Å². The van der Waals surface area contributed by atoms with Gasteiger partial charge in [-0.1, -0.05) is 48.9 Å². The maximum absolute atomic E-state index is 12.5. The van der Waals surface area contributed by atoms with Crippen molar-refractivity contribution < 1.29 is 23.9 Å². The summed E-state index contributed by atoms with van der Waals surface area (Å²) in [5.74, 6) is -1.21. The van der Waals surface area contributed by atoms with Crippen LogP contribution in [0.5, 0.6) is 0 Å². The van der Waals surface area contributed by atoms with Crippen LogP contribution in [0.4, 0.5) is 0 Å². The van der Waals surface area contributed by atoms with E-state index in [9.17, 15) is 14.4 Å². The SMILES string of the molecule is CC(Cl)=CCC(C)C(=O)C=C[C@@H]1[C@H]2CC(=O)O[C@H]2C[C@H]1OC(=O)c1ccccc1. The molecule has 1 unspecified atom stereocenters. The van der Waals surface area contributed by atoms with Crippen LogP contribution < -0.4 is 0 Å². The Morgan fingerprint density at radius 2 is 2.03 bits per heavy atom. The zero-order chi connectivity index (χ0) is 21.0. The minimum atomic E-state index is -0.435. The van der Waals surface area contributed by atoms with E-state index < -0.39 is 12.1 Å². The van der Waals surface area contributed by atoms with Crippen LogP contribution in [-0.2, 0) is 19.1 Å². The van der Waals surface area contributed by atoms with Gasteiger partial charge >= 0.3 is 11.9 Å². The minimum Gasteiger partial charge on any atom is -0.462 e. The Labute approximate surface area is 175 Å². The maximum atomic E-state index is 12.5. The molecule has 2 fully saturated rings. The molecule has 1 aromatic carbocycles. The molecule has 1 aliphatic carbocycles. The molecule has 3 rings (SSSR count). The predicted molar refractivity (Wildman–Crippen MR) is 109 cm³/mol. The van der Waals surface area contributed by atoms with Gasteiger partial charge in [0.2, 0.25) is 0 Å². The van der Waals surface area contributed by atoms with E-state index in [0.717, 1.165) is 0 Å². The molecule has 2 aliphatic rings. The number of benzene rings is 1. The van der Waals surface area contributed by atoms with Crippen LogP contribution in [-0.4, -0.2) is 29.9 Å². The largest absolute Gasteiger partial charge is 0.462 e. The van der Waals surface area contributed by atoms with E-state index in [0.29, 0.717) is 23.4 Å². The Hall–Kier alpha value is -2.40. The fraction of sp³-hybridized carbons (Fsp3) is 0.435. The van der Waals surface area contributed by atoms with E-state index in [4.69, 9.17) is 21.1 Å². The number of ether oxygens (including phenoxy) is 2. The lowest BCUT2D eigenvalue weighted by molar-refractivity contribution is -0.141. The second-order valence-corrected chi connectivity index (χ2v) is 8.30. The summed E-state index contributed by atoms with van der Waals surface area (Å²) in [6, 6.07) is 8.77. The topological polar surface area (TPSA) is 69.7 Å². The third-order valence-corrected chi connectivity index (χ3v) is 5.69.